The number of rotatable bonds is 5. The molecule has 0 aliphatic carbocycles. The van der Waals surface area contributed by atoms with E-state index in [1.807, 2.05) is 36.6 Å². The molecule has 1 aliphatic rings. The van der Waals surface area contributed by atoms with E-state index in [0.717, 1.165) is 16.8 Å². The number of carbonyl (C=O) groups is 3. The number of nitrogens with one attached hydrogen (secondary N) is 2. The van der Waals surface area contributed by atoms with Crippen molar-refractivity contribution in [2.45, 2.75) is 19.8 Å². The molecule has 2 N–H and O–H groups in total. The molecule has 2 aromatic rings. The van der Waals surface area contributed by atoms with Crippen molar-refractivity contribution in [3.8, 4) is 11.3 Å². The Bertz CT molecular complexity index is 873. The van der Waals surface area contributed by atoms with Gasteiger partial charge in [-0.05, 0) is 6.92 Å². The van der Waals surface area contributed by atoms with Crippen molar-refractivity contribution in [2.75, 3.05) is 11.9 Å². The lowest BCUT2D eigenvalue weighted by atomic mass is 10.1. The standard InChI is InChI=1S/C17H16N4O4S/c1-10-2-4-11(5-3-10)13-9-26-17(18-13)19-15(23)8-25-16(24)12-6-7-14(22)21-20-12/h2-5,9H,6-8H2,1H3,(H,21,22)(H,18,19,23). The van der Waals surface area contributed by atoms with Gasteiger partial charge in [0.25, 0.3) is 5.91 Å². The van der Waals surface area contributed by atoms with Crippen molar-refractivity contribution in [3.05, 3.63) is 35.2 Å². The number of hydrogen-bond acceptors (Lipinski definition) is 7. The number of esters is 1. The summed E-state index contributed by atoms with van der Waals surface area (Å²) in [5, 5.41) is 8.47. The quantitative estimate of drug-likeness (QED) is 0.779. The second-order valence-corrected chi connectivity index (χ2v) is 6.48. The molecule has 0 spiro atoms. The van der Waals surface area contributed by atoms with E-state index in [-0.39, 0.29) is 24.5 Å². The van der Waals surface area contributed by atoms with Crippen LogP contribution in [0.1, 0.15) is 18.4 Å². The maximum absolute atomic E-state index is 11.9. The first-order chi connectivity index (χ1) is 12.5. The van der Waals surface area contributed by atoms with Crippen LogP contribution in [0.3, 0.4) is 0 Å². The summed E-state index contributed by atoms with van der Waals surface area (Å²) in [7, 11) is 0. The van der Waals surface area contributed by atoms with Crippen LogP contribution in [0.2, 0.25) is 0 Å². The Morgan fingerprint density at radius 1 is 1.27 bits per heavy atom. The molecule has 1 aliphatic heterocycles. The first kappa shape index (κ1) is 17.7. The van der Waals surface area contributed by atoms with E-state index in [1.54, 1.807) is 0 Å². The molecule has 134 valence electrons. The summed E-state index contributed by atoms with van der Waals surface area (Å²) >= 11 is 1.28. The first-order valence-electron chi connectivity index (χ1n) is 7.86. The van der Waals surface area contributed by atoms with E-state index in [1.165, 1.54) is 11.3 Å². The number of carbonyl (C=O) groups excluding carboxylic acids is 3. The fraction of sp³-hybridized carbons (Fsp3) is 0.235. The average molecular weight is 372 g/mol. The molecule has 26 heavy (non-hydrogen) atoms. The number of aromatic nitrogens is 1. The zero-order chi connectivity index (χ0) is 18.5. The molecule has 0 bridgehead atoms. The molecule has 2 amide bonds. The van der Waals surface area contributed by atoms with Gasteiger partial charge in [0.1, 0.15) is 5.71 Å². The number of amides is 2. The van der Waals surface area contributed by atoms with Gasteiger partial charge in [-0.2, -0.15) is 5.10 Å². The van der Waals surface area contributed by atoms with Crippen LogP contribution in [-0.2, 0) is 19.1 Å². The molecule has 2 heterocycles. The molecule has 0 unspecified atom stereocenters. The third-order valence-electron chi connectivity index (χ3n) is 3.57. The highest BCUT2D eigenvalue weighted by molar-refractivity contribution is 7.14. The zero-order valence-corrected chi connectivity index (χ0v) is 14.8. The summed E-state index contributed by atoms with van der Waals surface area (Å²) in [5.74, 6) is -1.48. The lowest BCUT2D eigenvalue weighted by Gasteiger charge is -2.10. The third-order valence-corrected chi connectivity index (χ3v) is 4.33. The van der Waals surface area contributed by atoms with Gasteiger partial charge in [-0.1, -0.05) is 29.8 Å². The Labute approximate surface area is 153 Å². The smallest absolute Gasteiger partial charge is 0.355 e. The number of aryl methyl sites for hydroxylation is 1. The second kappa shape index (κ2) is 7.87. The van der Waals surface area contributed by atoms with E-state index < -0.39 is 18.5 Å². The molecule has 9 heteroatoms. The maximum Gasteiger partial charge on any atom is 0.355 e. The van der Waals surface area contributed by atoms with E-state index in [2.05, 4.69) is 20.8 Å². The van der Waals surface area contributed by atoms with Gasteiger partial charge < -0.3 is 4.74 Å². The Morgan fingerprint density at radius 3 is 2.73 bits per heavy atom. The highest BCUT2D eigenvalue weighted by atomic mass is 32.1. The zero-order valence-electron chi connectivity index (χ0n) is 13.9. The van der Waals surface area contributed by atoms with Crippen LogP contribution in [0.5, 0.6) is 0 Å². The van der Waals surface area contributed by atoms with Crippen LogP contribution in [0.15, 0.2) is 34.7 Å². The fourth-order valence-corrected chi connectivity index (χ4v) is 2.91. The fourth-order valence-electron chi connectivity index (χ4n) is 2.18. The molecule has 1 aromatic heterocycles. The van der Waals surface area contributed by atoms with Gasteiger partial charge in [-0.15, -0.1) is 11.3 Å². The highest BCUT2D eigenvalue weighted by Gasteiger charge is 2.20. The SMILES string of the molecule is Cc1ccc(-c2csc(NC(=O)COC(=O)C3=NNC(=O)CC3)n2)cc1. The molecule has 8 nitrogen and oxygen atoms in total. The third kappa shape index (κ3) is 4.51. The number of ether oxygens (including phenoxy) is 1. The molecule has 0 atom stereocenters. The second-order valence-electron chi connectivity index (χ2n) is 5.62. The molecular formula is C17H16N4O4S. The largest absolute Gasteiger partial charge is 0.451 e. The summed E-state index contributed by atoms with van der Waals surface area (Å²) in [6.07, 6.45) is 0.361. The molecular weight excluding hydrogens is 356 g/mol. The summed E-state index contributed by atoms with van der Waals surface area (Å²) in [6, 6.07) is 7.90. The molecule has 1 aromatic carbocycles. The average Bonchev–Trinajstić information content (AvgIpc) is 3.09. The van der Waals surface area contributed by atoms with Gasteiger partial charge in [0.15, 0.2) is 11.7 Å². The van der Waals surface area contributed by atoms with Crippen molar-refractivity contribution in [1.29, 1.82) is 0 Å². The van der Waals surface area contributed by atoms with Gasteiger partial charge in [0.2, 0.25) is 5.91 Å². The van der Waals surface area contributed by atoms with Gasteiger partial charge >= 0.3 is 5.97 Å². The van der Waals surface area contributed by atoms with Crippen molar-refractivity contribution < 1.29 is 19.1 Å². The Hall–Kier alpha value is -3.07. The highest BCUT2D eigenvalue weighted by Crippen LogP contribution is 2.25. The summed E-state index contributed by atoms with van der Waals surface area (Å²) in [4.78, 5) is 39.0. The maximum atomic E-state index is 11.9. The lowest BCUT2D eigenvalue weighted by Crippen LogP contribution is -2.32. The van der Waals surface area contributed by atoms with Crippen LogP contribution < -0.4 is 10.7 Å². The first-order valence-corrected chi connectivity index (χ1v) is 8.74. The Kier molecular flexibility index (Phi) is 5.37. The Morgan fingerprint density at radius 2 is 2.04 bits per heavy atom. The van der Waals surface area contributed by atoms with Crippen molar-refractivity contribution in [3.63, 3.8) is 0 Å². The lowest BCUT2D eigenvalue weighted by molar-refractivity contribution is -0.140. The Balaban J connectivity index is 1.51. The van der Waals surface area contributed by atoms with Gasteiger partial charge in [0, 0.05) is 23.8 Å². The molecule has 0 saturated carbocycles. The number of thiazole rings is 1. The van der Waals surface area contributed by atoms with Crippen LogP contribution in [0.25, 0.3) is 11.3 Å². The summed E-state index contributed by atoms with van der Waals surface area (Å²) in [5.41, 5.74) is 5.16. The van der Waals surface area contributed by atoms with Gasteiger partial charge in [-0.25, -0.2) is 15.2 Å². The van der Waals surface area contributed by atoms with E-state index >= 15 is 0 Å². The van der Waals surface area contributed by atoms with Crippen molar-refractivity contribution in [1.82, 2.24) is 10.4 Å². The number of benzene rings is 1. The van der Waals surface area contributed by atoms with E-state index in [4.69, 9.17) is 4.74 Å². The van der Waals surface area contributed by atoms with Crippen LogP contribution >= 0.6 is 11.3 Å². The topological polar surface area (TPSA) is 110 Å². The predicted molar refractivity (Wildman–Crippen MR) is 96.7 cm³/mol. The van der Waals surface area contributed by atoms with Crippen LogP contribution in [-0.4, -0.2) is 35.1 Å². The van der Waals surface area contributed by atoms with Gasteiger partial charge in [0.05, 0.1) is 5.69 Å². The van der Waals surface area contributed by atoms with Crippen molar-refractivity contribution in [2.24, 2.45) is 5.10 Å². The number of nitrogens with zero attached hydrogens (tertiary/aromatic N) is 2. The van der Waals surface area contributed by atoms with Gasteiger partial charge in [-0.3, -0.25) is 14.9 Å². The number of hydrogen-bond donors (Lipinski definition) is 2. The van der Waals surface area contributed by atoms with E-state index in [9.17, 15) is 14.4 Å². The predicted octanol–water partition coefficient (Wildman–Crippen LogP) is 1.87. The minimum absolute atomic E-state index is 0.0910. The number of anilines is 1. The van der Waals surface area contributed by atoms with E-state index in [0.29, 0.717) is 5.13 Å². The minimum atomic E-state index is -0.723. The summed E-state index contributed by atoms with van der Waals surface area (Å²) in [6.45, 7) is 1.55. The number of hydrazone groups is 1. The monoisotopic (exact) mass is 372 g/mol. The molecule has 0 radical (unpaired) electrons. The minimum Gasteiger partial charge on any atom is -0.451 e. The molecule has 0 saturated heterocycles. The van der Waals surface area contributed by atoms with Crippen LogP contribution in [0.4, 0.5) is 5.13 Å². The van der Waals surface area contributed by atoms with Crippen molar-refractivity contribution >= 4 is 40.0 Å². The normalized spacial score (nSPS) is 13.6. The molecule has 0 fully saturated rings. The summed E-state index contributed by atoms with van der Waals surface area (Å²) < 4.78 is 4.90. The molecule has 3 rings (SSSR count). The van der Waals surface area contributed by atoms with Crippen LogP contribution in [0, 0.1) is 6.92 Å².